The Balaban J connectivity index is 1.51. The highest BCUT2D eigenvalue weighted by Crippen LogP contribution is 2.25. The van der Waals surface area contributed by atoms with Crippen LogP contribution in [0.5, 0.6) is 0 Å². The molecule has 1 fully saturated rings. The molecule has 134 valence electrons. The molecule has 6 heteroatoms. The molecule has 0 bridgehead atoms. The molecule has 25 heavy (non-hydrogen) atoms. The van der Waals surface area contributed by atoms with Gasteiger partial charge in [0, 0.05) is 18.7 Å². The van der Waals surface area contributed by atoms with Crippen LogP contribution in [-0.2, 0) is 22.4 Å². The zero-order chi connectivity index (χ0) is 17.6. The van der Waals surface area contributed by atoms with Gasteiger partial charge in [-0.25, -0.2) is 0 Å². The number of anilines is 1. The summed E-state index contributed by atoms with van der Waals surface area (Å²) in [6.45, 7) is 4.95. The van der Waals surface area contributed by atoms with E-state index < -0.39 is 0 Å². The number of carbonyl (C=O) groups is 1. The summed E-state index contributed by atoms with van der Waals surface area (Å²) in [5, 5.41) is 6.78. The Bertz CT molecular complexity index is 696. The number of aromatic nitrogens is 2. The minimum absolute atomic E-state index is 0.114. The maximum absolute atomic E-state index is 12.1. The third kappa shape index (κ3) is 5.13. The van der Waals surface area contributed by atoms with E-state index in [0.29, 0.717) is 23.7 Å². The summed E-state index contributed by atoms with van der Waals surface area (Å²) in [5.74, 6) is 1.40. The lowest BCUT2D eigenvalue weighted by molar-refractivity contribution is -0.115. The lowest BCUT2D eigenvalue weighted by Gasteiger charge is -2.27. The highest BCUT2D eigenvalue weighted by atomic mass is 16.5. The van der Waals surface area contributed by atoms with E-state index in [9.17, 15) is 4.79 Å². The van der Waals surface area contributed by atoms with Gasteiger partial charge >= 0.3 is 0 Å². The van der Waals surface area contributed by atoms with Crippen molar-refractivity contribution in [1.82, 2.24) is 10.1 Å². The Morgan fingerprint density at radius 2 is 2.12 bits per heavy atom. The Morgan fingerprint density at radius 3 is 2.88 bits per heavy atom. The molecule has 2 atom stereocenters. The van der Waals surface area contributed by atoms with Crippen molar-refractivity contribution in [2.75, 3.05) is 11.9 Å². The predicted molar refractivity (Wildman–Crippen MR) is 94.3 cm³/mol. The van der Waals surface area contributed by atoms with E-state index in [-0.39, 0.29) is 12.3 Å². The minimum atomic E-state index is -0.145. The molecule has 1 saturated heterocycles. The smallest absolute Gasteiger partial charge is 0.232 e. The lowest BCUT2D eigenvalue weighted by Crippen LogP contribution is -2.26. The van der Waals surface area contributed by atoms with Crippen LogP contribution in [0.3, 0.4) is 0 Å². The second-order valence-electron chi connectivity index (χ2n) is 6.69. The number of benzene rings is 1. The van der Waals surface area contributed by atoms with Gasteiger partial charge in [0.05, 0.1) is 12.5 Å². The van der Waals surface area contributed by atoms with E-state index in [2.05, 4.69) is 22.4 Å². The number of nitrogens with zero attached hydrogens (tertiary/aromatic N) is 2. The van der Waals surface area contributed by atoms with E-state index in [4.69, 9.17) is 9.26 Å². The summed E-state index contributed by atoms with van der Waals surface area (Å²) in [6.07, 6.45) is 4.28. The fraction of sp³-hybridized carbons (Fsp3) is 0.526. The third-order valence-electron chi connectivity index (χ3n) is 4.56. The lowest BCUT2D eigenvalue weighted by atomic mass is 9.91. The standard InChI is InChI=1S/C19H25N3O3/c1-3-16-10-14(8-9-24-16)11-19-21-17(22-25-19)12-18(23)20-15-6-4-13(2)5-7-15/h4-7,14,16H,3,8-12H2,1-2H3,(H,20,23)/t14-,16-/m1/s1. The molecule has 1 aliphatic rings. The van der Waals surface area contributed by atoms with Crippen LogP contribution in [0.1, 0.15) is 43.5 Å². The molecule has 2 aromatic rings. The summed E-state index contributed by atoms with van der Waals surface area (Å²) < 4.78 is 11.0. The quantitative estimate of drug-likeness (QED) is 0.871. The maximum atomic E-state index is 12.1. The highest BCUT2D eigenvalue weighted by molar-refractivity contribution is 5.91. The SMILES string of the molecule is CC[C@@H]1C[C@H](Cc2nc(CC(=O)Nc3ccc(C)cc3)no2)CCO1. The van der Waals surface area contributed by atoms with Crippen LogP contribution < -0.4 is 5.32 Å². The molecule has 2 heterocycles. The molecular weight excluding hydrogens is 318 g/mol. The Kier molecular flexibility index (Phi) is 5.81. The first-order chi connectivity index (χ1) is 12.1. The number of amides is 1. The summed E-state index contributed by atoms with van der Waals surface area (Å²) in [7, 11) is 0. The highest BCUT2D eigenvalue weighted by Gasteiger charge is 2.23. The van der Waals surface area contributed by atoms with Gasteiger partial charge in [-0.15, -0.1) is 0 Å². The molecule has 0 aliphatic carbocycles. The molecule has 3 rings (SSSR count). The van der Waals surface area contributed by atoms with Crippen molar-refractivity contribution in [2.24, 2.45) is 5.92 Å². The van der Waals surface area contributed by atoms with E-state index in [1.54, 1.807) is 0 Å². The van der Waals surface area contributed by atoms with Gasteiger partial charge in [0.1, 0.15) is 0 Å². The van der Waals surface area contributed by atoms with Crippen molar-refractivity contribution in [3.05, 3.63) is 41.5 Å². The van der Waals surface area contributed by atoms with Crippen LogP contribution in [0, 0.1) is 12.8 Å². The second kappa shape index (κ2) is 8.25. The maximum Gasteiger partial charge on any atom is 0.232 e. The zero-order valence-corrected chi connectivity index (χ0v) is 14.8. The zero-order valence-electron chi connectivity index (χ0n) is 14.8. The Morgan fingerprint density at radius 1 is 1.32 bits per heavy atom. The van der Waals surface area contributed by atoms with Crippen LogP contribution in [0.15, 0.2) is 28.8 Å². The first-order valence-electron chi connectivity index (χ1n) is 8.92. The third-order valence-corrected chi connectivity index (χ3v) is 4.56. The fourth-order valence-corrected chi connectivity index (χ4v) is 3.11. The predicted octanol–water partition coefficient (Wildman–Crippen LogP) is 3.31. The van der Waals surface area contributed by atoms with Crippen LogP contribution in [0.2, 0.25) is 0 Å². The minimum Gasteiger partial charge on any atom is -0.378 e. The average Bonchev–Trinajstić information content (AvgIpc) is 3.04. The van der Waals surface area contributed by atoms with Gasteiger partial charge in [-0.2, -0.15) is 4.98 Å². The van der Waals surface area contributed by atoms with E-state index in [1.807, 2.05) is 31.2 Å². The number of hydrogen-bond donors (Lipinski definition) is 1. The van der Waals surface area contributed by atoms with Gasteiger partial charge in [-0.1, -0.05) is 29.8 Å². The summed E-state index contributed by atoms with van der Waals surface area (Å²) in [4.78, 5) is 16.5. The number of rotatable bonds is 6. The monoisotopic (exact) mass is 343 g/mol. The molecule has 1 aromatic heterocycles. The van der Waals surface area contributed by atoms with Gasteiger partial charge in [0.25, 0.3) is 0 Å². The molecule has 0 saturated carbocycles. The fourth-order valence-electron chi connectivity index (χ4n) is 3.11. The number of ether oxygens (including phenoxy) is 1. The molecule has 6 nitrogen and oxygen atoms in total. The molecule has 1 aromatic carbocycles. The van der Waals surface area contributed by atoms with Crippen molar-refractivity contribution in [2.45, 2.75) is 52.1 Å². The summed E-state index contributed by atoms with van der Waals surface area (Å²) in [5.41, 5.74) is 1.92. The number of aryl methyl sites for hydroxylation is 1. The van der Waals surface area contributed by atoms with Crippen molar-refractivity contribution < 1.29 is 14.1 Å². The van der Waals surface area contributed by atoms with E-state index in [0.717, 1.165) is 43.5 Å². The van der Waals surface area contributed by atoms with Gasteiger partial charge in [0.2, 0.25) is 11.8 Å². The van der Waals surface area contributed by atoms with Crippen molar-refractivity contribution in [1.29, 1.82) is 0 Å². The number of hydrogen-bond acceptors (Lipinski definition) is 5. The Labute approximate surface area is 148 Å². The largest absolute Gasteiger partial charge is 0.378 e. The average molecular weight is 343 g/mol. The van der Waals surface area contributed by atoms with Gasteiger partial charge in [0.15, 0.2) is 5.82 Å². The molecule has 1 aliphatic heterocycles. The van der Waals surface area contributed by atoms with Gasteiger partial charge in [-0.05, 0) is 44.2 Å². The van der Waals surface area contributed by atoms with Crippen LogP contribution in [0.25, 0.3) is 0 Å². The van der Waals surface area contributed by atoms with Gasteiger partial charge in [-0.3, -0.25) is 4.79 Å². The van der Waals surface area contributed by atoms with Crippen LogP contribution in [0.4, 0.5) is 5.69 Å². The van der Waals surface area contributed by atoms with E-state index in [1.165, 1.54) is 0 Å². The van der Waals surface area contributed by atoms with E-state index >= 15 is 0 Å². The normalized spacial score (nSPS) is 20.4. The van der Waals surface area contributed by atoms with Crippen molar-refractivity contribution >= 4 is 11.6 Å². The Hall–Kier alpha value is -2.21. The molecular formula is C19H25N3O3. The molecule has 0 radical (unpaired) electrons. The topological polar surface area (TPSA) is 77.3 Å². The summed E-state index contributed by atoms with van der Waals surface area (Å²) >= 11 is 0. The second-order valence-corrected chi connectivity index (χ2v) is 6.69. The molecule has 0 spiro atoms. The summed E-state index contributed by atoms with van der Waals surface area (Å²) in [6, 6.07) is 7.67. The molecule has 1 amide bonds. The molecule has 1 N–H and O–H groups in total. The number of nitrogens with one attached hydrogen (secondary N) is 1. The van der Waals surface area contributed by atoms with Gasteiger partial charge < -0.3 is 14.6 Å². The first-order valence-corrected chi connectivity index (χ1v) is 8.92. The van der Waals surface area contributed by atoms with Crippen LogP contribution >= 0.6 is 0 Å². The first kappa shape index (κ1) is 17.6. The van der Waals surface area contributed by atoms with Crippen LogP contribution in [-0.4, -0.2) is 28.8 Å². The molecule has 0 unspecified atom stereocenters. The number of carbonyl (C=O) groups excluding carboxylic acids is 1. The van der Waals surface area contributed by atoms with Crippen molar-refractivity contribution in [3.8, 4) is 0 Å². The van der Waals surface area contributed by atoms with Crippen molar-refractivity contribution in [3.63, 3.8) is 0 Å².